The molecule has 0 bridgehead atoms. The molecule has 0 radical (unpaired) electrons. The van der Waals surface area contributed by atoms with Gasteiger partial charge in [0.05, 0.1) is 13.2 Å². The lowest BCUT2D eigenvalue weighted by atomic mass is 9.98. The summed E-state index contributed by atoms with van der Waals surface area (Å²) in [5.41, 5.74) is 1.71. The summed E-state index contributed by atoms with van der Waals surface area (Å²) < 4.78 is 16.5. The normalized spacial score (nSPS) is 28.0. The van der Waals surface area contributed by atoms with Crippen molar-refractivity contribution < 1.29 is 34.3 Å². The first kappa shape index (κ1) is 19.5. The fourth-order valence-corrected chi connectivity index (χ4v) is 2.95. The standard InChI is InChI=1S/C20H22O7/c21-15-16(25-11-13-7-3-1-4-8-13)18(20(24)27-17(15)19(22)23)26-12-14-9-5-2-6-10-14/h1-10,15-18,20-21,24H,11-12H2,(H,22,23)/t15-,16-,17+,18+,20+/m0/s1. The molecule has 0 aromatic heterocycles. The summed E-state index contributed by atoms with van der Waals surface area (Å²) in [6, 6.07) is 18.5. The predicted molar refractivity (Wildman–Crippen MR) is 94.6 cm³/mol. The van der Waals surface area contributed by atoms with E-state index in [9.17, 15) is 20.1 Å². The third kappa shape index (κ3) is 4.91. The number of hydrogen-bond acceptors (Lipinski definition) is 6. The van der Waals surface area contributed by atoms with Crippen LogP contribution in [0.15, 0.2) is 60.7 Å². The Hall–Kier alpha value is -2.29. The lowest BCUT2D eigenvalue weighted by molar-refractivity contribution is -0.300. The van der Waals surface area contributed by atoms with E-state index in [1.54, 1.807) is 0 Å². The number of carboxylic acids is 1. The van der Waals surface area contributed by atoms with E-state index in [0.29, 0.717) is 0 Å². The van der Waals surface area contributed by atoms with Gasteiger partial charge in [0.2, 0.25) is 0 Å². The first-order valence-electron chi connectivity index (χ1n) is 8.61. The molecule has 1 fully saturated rings. The molecule has 3 N–H and O–H groups in total. The second-order valence-electron chi connectivity index (χ2n) is 6.30. The van der Waals surface area contributed by atoms with E-state index in [1.165, 1.54) is 0 Å². The highest BCUT2D eigenvalue weighted by Gasteiger charge is 2.49. The molecule has 2 aromatic rings. The summed E-state index contributed by atoms with van der Waals surface area (Å²) in [5, 5.41) is 29.9. The highest BCUT2D eigenvalue weighted by molar-refractivity contribution is 5.73. The van der Waals surface area contributed by atoms with Crippen molar-refractivity contribution in [3.63, 3.8) is 0 Å². The summed E-state index contributed by atoms with van der Waals surface area (Å²) in [7, 11) is 0. The van der Waals surface area contributed by atoms with E-state index in [1.807, 2.05) is 60.7 Å². The van der Waals surface area contributed by atoms with Crippen molar-refractivity contribution in [2.75, 3.05) is 0 Å². The van der Waals surface area contributed by atoms with Gasteiger partial charge < -0.3 is 29.5 Å². The number of benzene rings is 2. The van der Waals surface area contributed by atoms with Crippen LogP contribution in [0, 0.1) is 0 Å². The fraction of sp³-hybridized carbons (Fsp3) is 0.350. The molecule has 5 atom stereocenters. The Bertz CT molecular complexity index is 722. The second-order valence-corrected chi connectivity index (χ2v) is 6.30. The minimum Gasteiger partial charge on any atom is -0.479 e. The number of carbonyl (C=O) groups is 1. The molecule has 0 aliphatic carbocycles. The van der Waals surface area contributed by atoms with Crippen LogP contribution in [0.5, 0.6) is 0 Å². The Balaban J connectivity index is 1.73. The number of ether oxygens (including phenoxy) is 3. The quantitative estimate of drug-likeness (QED) is 0.671. The van der Waals surface area contributed by atoms with Crippen LogP contribution in [-0.4, -0.2) is 52.0 Å². The van der Waals surface area contributed by atoms with Crippen LogP contribution in [0.1, 0.15) is 11.1 Å². The number of rotatable bonds is 7. The topological polar surface area (TPSA) is 105 Å². The summed E-state index contributed by atoms with van der Waals surface area (Å²) in [5.74, 6) is -1.38. The molecule has 0 saturated carbocycles. The van der Waals surface area contributed by atoms with Gasteiger partial charge in [0.25, 0.3) is 0 Å². The van der Waals surface area contributed by atoms with Crippen molar-refractivity contribution in [3.8, 4) is 0 Å². The van der Waals surface area contributed by atoms with Gasteiger partial charge in [-0.1, -0.05) is 60.7 Å². The van der Waals surface area contributed by atoms with Gasteiger partial charge in [0.15, 0.2) is 12.4 Å². The van der Waals surface area contributed by atoms with E-state index in [-0.39, 0.29) is 13.2 Å². The van der Waals surface area contributed by atoms with Gasteiger partial charge in [-0.15, -0.1) is 0 Å². The zero-order valence-electron chi connectivity index (χ0n) is 14.5. The molecule has 0 unspecified atom stereocenters. The van der Waals surface area contributed by atoms with Crippen molar-refractivity contribution in [1.82, 2.24) is 0 Å². The van der Waals surface area contributed by atoms with Gasteiger partial charge in [-0.05, 0) is 11.1 Å². The summed E-state index contributed by atoms with van der Waals surface area (Å²) in [4.78, 5) is 11.3. The molecule has 0 spiro atoms. The van der Waals surface area contributed by atoms with E-state index in [4.69, 9.17) is 14.2 Å². The van der Waals surface area contributed by atoms with Crippen LogP contribution in [0.4, 0.5) is 0 Å². The first-order valence-corrected chi connectivity index (χ1v) is 8.61. The zero-order chi connectivity index (χ0) is 19.2. The summed E-state index contributed by atoms with van der Waals surface area (Å²) >= 11 is 0. The Morgan fingerprint density at radius 3 is 1.81 bits per heavy atom. The van der Waals surface area contributed by atoms with Crippen molar-refractivity contribution in [2.24, 2.45) is 0 Å². The lowest BCUT2D eigenvalue weighted by Gasteiger charge is -2.41. The van der Waals surface area contributed by atoms with Crippen LogP contribution >= 0.6 is 0 Å². The molecule has 1 aliphatic heterocycles. The highest BCUT2D eigenvalue weighted by Crippen LogP contribution is 2.27. The molecule has 2 aromatic carbocycles. The maximum Gasteiger partial charge on any atom is 0.335 e. The zero-order valence-corrected chi connectivity index (χ0v) is 14.5. The van der Waals surface area contributed by atoms with Crippen molar-refractivity contribution >= 4 is 5.97 Å². The third-order valence-electron chi connectivity index (χ3n) is 4.35. The highest BCUT2D eigenvalue weighted by atomic mass is 16.7. The van der Waals surface area contributed by atoms with Gasteiger partial charge >= 0.3 is 5.97 Å². The van der Waals surface area contributed by atoms with Gasteiger partial charge in [-0.2, -0.15) is 0 Å². The molecule has 1 aliphatic rings. The van der Waals surface area contributed by atoms with Crippen LogP contribution in [-0.2, 0) is 32.2 Å². The molecule has 1 saturated heterocycles. The number of carboxylic acid groups (broad SMARTS) is 1. The first-order chi connectivity index (χ1) is 13.1. The molecule has 144 valence electrons. The molecule has 1 heterocycles. The molecule has 3 rings (SSSR count). The maximum absolute atomic E-state index is 11.3. The minimum absolute atomic E-state index is 0.132. The molecule has 7 nitrogen and oxygen atoms in total. The largest absolute Gasteiger partial charge is 0.479 e. The molecular weight excluding hydrogens is 352 g/mol. The molecule has 0 amide bonds. The lowest BCUT2D eigenvalue weighted by Crippen LogP contribution is -2.61. The van der Waals surface area contributed by atoms with Crippen molar-refractivity contribution in [3.05, 3.63) is 71.8 Å². The Morgan fingerprint density at radius 2 is 1.33 bits per heavy atom. The molecular formula is C20H22O7. The summed E-state index contributed by atoms with van der Waals surface area (Å²) in [6.07, 6.45) is -6.75. The van der Waals surface area contributed by atoms with Crippen LogP contribution in [0.25, 0.3) is 0 Å². The average molecular weight is 374 g/mol. The number of hydrogen-bond donors (Lipinski definition) is 3. The molecule has 27 heavy (non-hydrogen) atoms. The van der Waals surface area contributed by atoms with Gasteiger partial charge in [0, 0.05) is 0 Å². The van der Waals surface area contributed by atoms with E-state index in [0.717, 1.165) is 11.1 Å². The Labute approximate surface area is 156 Å². The van der Waals surface area contributed by atoms with Gasteiger partial charge in [0.1, 0.15) is 18.3 Å². The fourth-order valence-electron chi connectivity index (χ4n) is 2.95. The van der Waals surface area contributed by atoms with Gasteiger partial charge in [-0.25, -0.2) is 4.79 Å². The smallest absolute Gasteiger partial charge is 0.335 e. The Morgan fingerprint density at radius 1 is 0.852 bits per heavy atom. The van der Waals surface area contributed by atoms with E-state index < -0.39 is 36.7 Å². The number of aliphatic hydroxyl groups is 2. The molecule has 7 heteroatoms. The van der Waals surface area contributed by atoms with E-state index in [2.05, 4.69) is 0 Å². The van der Waals surface area contributed by atoms with Crippen LogP contribution in [0.2, 0.25) is 0 Å². The summed E-state index contributed by atoms with van der Waals surface area (Å²) in [6.45, 7) is 0.286. The maximum atomic E-state index is 11.3. The number of aliphatic hydroxyl groups excluding tert-OH is 2. The Kier molecular flexibility index (Phi) is 6.54. The monoisotopic (exact) mass is 374 g/mol. The minimum atomic E-state index is -1.60. The predicted octanol–water partition coefficient (Wildman–Crippen LogP) is 1.32. The average Bonchev–Trinajstić information content (AvgIpc) is 2.68. The van der Waals surface area contributed by atoms with Crippen LogP contribution < -0.4 is 0 Å². The number of aliphatic carboxylic acids is 1. The van der Waals surface area contributed by atoms with Crippen molar-refractivity contribution in [1.29, 1.82) is 0 Å². The van der Waals surface area contributed by atoms with Crippen LogP contribution in [0.3, 0.4) is 0 Å². The van der Waals surface area contributed by atoms with Crippen molar-refractivity contribution in [2.45, 2.75) is 43.9 Å². The second kappa shape index (κ2) is 9.07. The SMILES string of the molecule is O=C(O)[C@@H]1O[C@@H](O)[C@H](OCc2ccccc2)[C@@H](OCc2ccccc2)[C@@H]1O. The van der Waals surface area contributed by atoms with Gasteiger partial charge in [-0.3, -0.25) is 0 Å². The van der Waals surface area contributed by atoms with E-state index >= 15 is 0 Å². The third-order valence-corrected chi connectivity index (χ3v) is 4.35.